The van der Waals surface area contributed by atoms with Crippen LogP contribution in [0.2, 0.25) is 0 Å². The van der Waals surface area contributed by atoms with Gasteiger partial charge in [0.2, 0.25) is 0 Å². The molecule has 0 saturated heterocycles. The van der Waals surface area contributed by atoms with Gasteiger partial charge in [-0.1, -0.05) is 12.5 Å². The van der Waals surface area contributed by atoms with Crippen LogP contribution in [0.15, 0.2) is 11.8 Å². The second-order valence-electron chi connectivity index (χ2n) is 6.49. The first-order chi connectivity index (χ1) is 10.4. The Morgan fingerprint density at radius 3 is 2.41 bits per heavy atom. The maximum Gasteiger partial charge on any atom is 0.343 e. The lowest BCUT2D eigenvalue weighted by Crippen LogP contribution is -2.34. The second kappa shape index (κ2) is 5.11. The first-order valence-electron chi connectivity index (χ1n) is 7.81. The minimum Gasteiger partial charge on any atom is -0.507 e. The molecule has 1 saturated carbocycles. The van der Waals surface area contributed by atoms with Crippen LogP contribution in [0, 0.1) is 26.6 Å². The van der Waals surface area contributed by atoms with Gasteiger partial charge in [0.1, 0.15) is 11.4 Å². The third-order valence-corrected chi connectivity index (χ3v) is 4.95. The molecule has 4 heteroatoms. The van der Waals surface area contributed by atoms with Crippen molar-refractivity contribution in [2.45, 2.75) is 58.5 Å². The van der Waals surface area contributed by atoms with Gasteiger partial charge in [-0.2, -0.15) is 0 Å². The molecule has 0 bridgehead atoms. The van der Waals surface area contributed by atoms with Crippen LogP contribution in [0.1, 0.15) is 54.4 Å². The SMILES string of the molecule is Cc1cc(C)c(C2=C(O)C3(CCCCC3)OC2=O)c(C)c1F. The van der Waals surface area contributed by atoms with Crippen LogP contribution in [-0.2, 0) is 9.53 Å². The number of rotatable bonds is 1. The molecule has 0 unspecified atom stereocenters. The fourth-order valence-corrected chi connectivity index (χ4v) is 3.83. The fraction of sp³-hybridized carbons (Fsp3) is 0.500. The monoisotopic (exact) mass is 304 g/mol. The van der Waals surface area contributed by atoms with E-state index in [4.69, 9.17) is 4.74 Å². The lowest BCUT2D eigenvalue weighted by atomic mass is 9.81. The average molecular weight is 304 g/mol. The number of aliphatic hydroxyl groups excluding tert-OH is 1. The highest BCUT2D eigenvalue weighted by Gasteiger charge is 2.49. The third kappa shape index (κ3) is 2.04. The average Bonchev–Trinajstić information content (AvgIpc) is 2.70. The smallest absolute Gasteiger partial charge is 0.343 e. The molecule has 1 N–H and O–H groups in total. The Morgan fingerprint density at radius 1 is 1.14 bits per heavy atom. The van der Waals surface area contributed by atoms with E-state index < -0.39 is 11.6 Å². The molecule has 22 heavy (non-hydrogen) atoms. The van der Waals surface area contributed by atoms with E-state index >= 15 is 0 Å². The van der Waals surface area contributed by atoms with Gasteiger partial charge < -0.3 is 9.84 Å². The summed E-state index contributed by atoms with van der Waals surface area (Å²) in [5.41, 5.74) is 1.46. The van der Waals surface area contributed by atoms with Gasteiger partial charge in [-0.3, -0.25) is 0 Å². The van der Waals surface area contributed by atoms with E-state index in [9.17, 15) is 14.3 Å². The van der Waals surface area contributed by atoms with E-state index in [0.717, 1.165) is 24.8 Å². The Hall–Kier alpha value is -1.84. The summed E-state index contributed by atoms with van der Waals surface area (Å²) in [7, 11) is 0. The third-order valence-electron chi connectivity index (χ3n) is 4.95. The quantitative estimate of drug-likeness (QED) is 0.788. The summed E-state index contributed by atoms with van der Waals surface area (Å²) in [4.78, 5) is 12.4. The van der Waals surface area contributed by atoms with E-state index in [0.29, 0.717) is 29.5 Å². The Morgan fingerprint density at radius 2 is 1.77 bits per heavy atom. The number of halogens is 1. The van der Waals surface area contributed by atoms with Gasteiger partial charge in [0.15, 0.2) is 11.4 Å². The van der Waals surface area contributed by atoms with E-state index in [2.05, 4.69) is 0 Å². The summed E-state index contributed by atoms with van der Waals surface area (Å²) in [6, 6.07) is 1.71. The number of aliphatic hydroxyl groups is 1. The van der Waals surface area contributed by atoms with Crippen molar-refractivity contribution in [2.75, 3.05) is 0 Å². The maximum atomic E-state index is 14.3. The standard InChI is InChI=1S/C18H21FO3/c1-10-9-11(2)15(19)12(3)13(10)14-16(20)18(22-17(14)21)7-5-4-6-8-18/h9,20H,4-8H2,1-3H3. The zero-order chi connectivity index (χ0) is 16.1. The molecule has 0 amide bonds. The summed E-state index contributed by atoms with van der Waals surface area (Å²) in [5, 5.41) is 10.7. The van der Waals surface area contributed by atoms with Gasteiger partial charge >= 0.3 is 5.97 Å². The van der Waals surface area contributed by atoms with Crippen LogP contribution in [0.5, 0.6) is 0 Å². The molecular formula is C18H21FO3. The van der Waals surface area contributed by atoms with Crippen molar-refractivity contribution in [1.82, 2.24) is 0 Å². The largest absolute Gasteiger partial charge is 0.507 e. The molecule has 3 nitrogen and oxygen atoms in total. The molecule has 3 rings (SSSR count). The Bertz CT molecular complexity index is 682. The van der Waals surface area contributed by atoms with Crippen LogP contribution >= 0.6 is 0 Å². The molecule has 1 spiro atoms. The van der Waals surface area contributed by atoms with Gasteiger partial charge in [0.25, 0.3) is 0 Å². The summed E-state index contributed by atoms with van der Waals surface area (Å²) in [6.07, 6.45) is 4.20. The number of hydrogen-bond donors (Lipinski definition) is 1. The Labute approximate surface area is 129 Å². The molecule has 2 aliphatic rings. The molecule has 0 atom stereocenters. The molecular weight excluding hydrogens is 283 g/mol. The zero-order valence-electron chi connectivity index (χ0n) is 13.3. The Kier molecular flexibility index (Phi) is 3.50. The van der Waals surface area contributed by atoms with Crippen molar-refractivity contribution in [3.63, 3.8) is 0 Å². The van der Waals surface area contributed by atoms with E-state index in [1.165, 1.54) is 0 Å². The predicted molar refractivity (Wildman–Crippen MR) is 82.1 cm³/mol. The van der Waals surface area contributed by atoms with Crippen molar-refractivity contribution < 1.29 is 19.0 Å². The number of carbonyl (C=O) groups is 1. The van der Waals surface area contributed by atoms with Crippen molar-refractivity contribution in [1.29, 1.82) is 0 Å². The fourth-order valence-electron chi connectivity index (χ4n) is 3.83. The highest BCUT2D eigenvalue weighted by Crippen LogP contribution is 2.46. The minimum absolute atomic E-state index is 0.00773. The minimum atomic E-state index is -0.884. The van der Waals surface area contributed by atoms with Crippen LogP contribution < -0.4 is 0 Å². The number of hydrogen-bond acceptors (Lipinski definition) is 3. The number of benzene rings is 1. The van der Waals surface area contributed by atoms with Gasteiger partial charge in [-0.25, -0.2) is 9.18 Å². The van der Waals surface area contributed by atoms with Gasteiger partial charge in [0, 0.05) is 5.56 Å². The predicted octanol–water partition coefficient (Wildman–Crippen LogP) is 4.28. The zero-order valence-corrected chi connectivity index (χ0v) is 13.3. The van der Waals surface area contributed by atoms with Gasteiger partial charge in [-0.15, -0.1) is 0 Å². The van der Waals surface area contributed by atoms with Gasteiger partial charge in [0.05, 0.1) is 0 Å². The summed E-state index contributed by atoms with van der Waals surface area (Å²) in [5.74, 6) is -0.876. The van der Waals surface area contributed by atoms with E-state index in [-0.39, 0.29) is 17.1 Å². The first-order valence-corrected chi connectivity index (χ1v) is 7.81. The van der Waals surface area contributed by atoms with Crippen molar-refractivity contribution in [3.05, 3.63) is 39.9 Å². The molecule has 0 aromatic heterocycles. The van der Waals surface area contributed by atoms with E-state index in [1.54, 1.807) is 19.9 Å². The highest BCUT2D eigenvalue weighted by molar-refractivity contribution is 6.20. The van der Waals surface area contributed by atoms with Gasteiger partial charge in [-0.05, 0) is 63.1 Å². The molecule has 118 valence electrons. The summed E-state index contributed by atoms with van der Waals surface area (Å²) in [6.45, 7) is 5.17. The number of esters is 1. The molecule has 0 radical (unpaired) electrons. The molecule has 1 aromatic rings. The van der Waals surface area contributed by atoms with Crippen molar-refractivity contribution in [2.24, 2.45) is 0 Å². The second-order valence-corrected chi connectivity index (χ2v) is 6.49. The molecule has 1 aliphatic heterocycles. The number of carbonyl (C=O) groups excluding carboxylic acids is 1. The topological polar surface area (TPSA) is 46.5 Å². The van der Waals surface area contributed by atoms with Crippen LogP contribution in [0.3, 0.4) is 0 Å². The summed E-state index contributed by atoms with van der Waals surface area (Å²) < 4.78 is 19.8. The van der Waals surface area contributed by atoms with Crippen LogP contribution in [0.4, 0.5) is 4.39 Å². The lowest BCUT2D eigenvalue weighted by Gasteiger charge is -2.31. The van der Waals surface area contributed by atoms with Crippen LogP contribution in [-0.4, -0.2) is 16.7 Å². The molecule has 1 aromatic carbocycles. The Balaban J connectivity index is 2.19. The van der Waals surface area contributed by atoms with E-state index in [1.807, 2.05) is 6.92 Å². The number of aryl methyl sites for hydroxylation is 2. The normalized spacial score (nSPS) is 20.6. The lowest BCUT2D eigenvalue weighted by molar-refractivity contribution is -0.149. The first kappa shape index (κ1) is 15.1. The number of ether oxygens (including phenoxy) is 1. The highest BCUT2D eigenvalue weighted by atomic mass is 19.1. The van der Waals surface area contributed by atoms with Crippen molar-refractivity contribution >= 4 is 11.5 Å². The van der Waals surface area contributed by atoms with Crippen molar-refractivity contribution in [3.8, 4) is 0 Å². The molecule has 1 heterocycles. The molecule has 1 aliphatic carbocycles. The molecule has 1 fully saturated rings. The summed E-state index contributed by atoms with van der Waals surface area (Å²) >= 11 is 0. The van der Waals surface area contributed by atoms with Crippen LogP contribution in [0.25, 0.3) is 5.57 Å². The maximum absolute atomic E-state index is 14.3.